The number of hydrogen-bond acceptors (Lipinski definition) is 6. The summed E-state index contributed by atoms with van der Waals surface area (Å²) >= 11 is 0.801. The zero-order valence-corrected chi connectivity index (χ0v) is 18.2. The van der Waals surface area contributed by atoms with Crippen LogP contribution in [0, 0.1) is 10.1 Å². The summed E-state index contributed by atoms with van der Waals surface area (Å²) < 4.78 is 45.8. The van der Waals surface area contributed by atoms with Crippen LogP contribution in [0.25, 0.3) is 11.3 Å². The third-order valence-electron chi connectivity index (χ3n) is 4.31. The van der Waals surface area contributed by atoms with Crippen molar-refractivity contribution in [3.63, 3.8) is 0 Å². The molecule has 0 radical (unpaired) electrons. The molecule has 1 aromatic heterocycles. The van der Waals surface area contributed by atoms with Crippen LogP contribution in [0.4, 0.5) is 24.5 Å². The largest absolute Gasteiger partial charge is 0.494 e. The Kier molecular flexibility index (Phi) is 7.59. The quantitative estimate of drug-likeness (QED) is 0.258. The van der Waals surface area contributed by atoms with Crippen molar-refractivity contribution >= 4 is 29.0 Å². The number of anilines is 1. The number of amides is 1. The molecule has 8 nitrogen and oxygen atoms in total. The molecule has 1 amide bonds. The lowest BCUT2D eigenvalue weighted by Crippen LogP contribution is -2.20. The summed E-state index contributed by atoms with van der Waals surface area (Å²) in [6.45, 7) is 0.769. The van der Waals surface area contributed by atoms with E-state index in [1.54, 1.807) is 37.3 Å². The molecule has 0 aliphatic heterocycles. The minimum Gasteiger partial charge on any atom is -0.494 e. The fourth-order valence-electron chi connectivity index (χ4n) is 2.99. The van der Waals surface area contributed by atoms with Gasteiger partial charge < -0.3 is 14.6 Å². The van der Waals surface area contributed by atoms with E-state index in [0.29, 0.717) is 12.2 Å². The maximum absolute atomic E-state index is 13.2. The van der Waals surface area contributed by atoms with Crippen molar-refractivity contribution < 1.29 is 27.6 Å². The van der Waals surface area contributed by atoms with Crippen LogP contribution in [0.2, 0.25) is 0 Å². The van der Waals surface area contributed by atoms with Crippen molar-refractivity contribution in [3.05, 3.63) is 64.8 Å². The molecule has 0 atom stereocenters. The average Bonchev–Trinajstić information content (AvgIpc) is 3.14. The number of thioether (sulfide) groups is 1. The maximum atomic E-state index is 13.2. The molecule has 12 heteroatoms. The second-order valence-electron chi connectivity index (χ2n) is 6.70. The Hall–Kier alpha value is -3.54. The molecular formula is C21H19F3N4O4S. The second kappa shape index (κ2) is 10.4. The number of hydrogen-bond donors (Lipinski definition) is 1. The Morgan fingerprint density at radius 2 is 1.97 bits per heavy atom. The number of ether oxygens (including phenoxy) is 1. The highest BCUT2D eigenvalue weighted by Gasteiger charge is 2.31. The number of carbonyl (C=O) groups is 1. The van der Waals surface area contributed by atoms with Crippen LogP contribution < -0.4 is 10.1 Å². The van der Waals surface area contributed by atoms with Crippen LogP contribution in [-0.2, 0) is 11.3 Å². The number of halogens is 3. The number of nitro benzene ring substituents is 1. The number of nitrogens with zero attached hydrogens (tertiary/aromatic N) is 3. The SMILES string of the molecule is CCOc1ccc(NC(=O)CSc2ncc(-c3ccccc3)n2CC(F)(F)F)c([N+](=O)[O-])c1. The Morgan fingerprint density at radius 3 is 2.61 bits per heavy atom. The molecule has 0 unspecified atom stereocenters. The molecule has 174 valence electrons. The summed E-state index contributed by atoms with van der Waals surface area (Å²) in [7, 11) is 0. The first-order valence-electron chi connectivity index (χ1n) is 9.69. The van der Waals surface area contributed by atoms with Gasteiger partial charge in [-0.3, -0.25) is 14.9 Å². The van der Waals surface area contributed by atoms with E-state index in [0.717, 1.165) is 16.3 Å². The molecule has 3 rings (SSSR count). The van der Waals surface area contributed by atoms with E-state index in [4.69, 9.17) is 4.74 Å². The van der Waals surface area contributed by atoms with Crippen molar-refractivity contribution in [1.29, 1.82) is 0 Å². The fraction of sp³-hybridized carbons (Fsp3) is 0.238. The topological polar surface area (TPSA) is 99.3 Å². The number of aromatic nitrogens is 2. The highest BCUT2D eigenvalue weighted by atomic mass is 32.2. The van der Waals surface area contributed by atoms with Gasteiger partial charge in [-0.1, -0.05) is 42.1 Å². The Labute approximate surface area is 190 Å². The number of alkyl halides is 3. The summed E-state index contributed by atoms with van der Waals surface area (Å²) in [6.07, 6.45) is -3.18. The van der Waals surface area contributed by atoms with Crippen LogP contribution in [0.1, 0.15) is 6.92 Å². The van der Waals surface area contributed by atoms with E-state index < -0.39 is 23.6 Å². The van der Waals surface area contributed by atoms with Crippen LogP contribution in [0.15, 0.2) is 59.9 Å². The van der Waals surface area contributed by atoms with Gasteiger partial charge in [-0.25, -0.2) is 4.98 Å². The minimum absolute atomic E-state index is 0.00233. The lowest BCUT2D eigenvalue weighted by molar-refractivity contribution is -0.384. The highest BCUT2D eigenvalue weighted by molar-refractivity contribution is 7.99. The Bertz CT molecular complexity index is 1140. The molecular weight excluding hydrogens is 461 g/mol. The molecule has 0 saturated carbocycles. The molecule has 0 saturated heterocycles. The predicted molar refractivity (Wildman–Crippen MR) is 117 cm³/mol. The molecule has 0 bridgehead atoms. The van der Waals surface area contributed by atoms with Gasteiger partial charge in [-0.05, 0) is 24.6 Å². The number of imidazole rings is 1. The van der Waals surface area contributed by atoms with Crippen LogP contribution in [-0.4, -0.2) is 38.9 Å². The van der Waals surface area contributed by atoms with E-state index in [9.17, 15) is 28.1 Å². The number of nitro groups is 1. The van der Waals surface area contributed by atoms with Gasteiger partial charge in [0.1, 0.15) is 18.0 Å². The smallest absolute Gasteiger partial charge is 0.406 e. The van der Waals surface area contributed by atoms with Gasteiger partial charge >= 0.3 is 6.18 Å². The number of nitrogens with one attached hydrogen (secondary N) is 1. The molecule has 0 spiro atoms. The fourth-order valence-corrected chi connectivity index (χ4v) is 3.76. The minimum atomic E-state index is -4.50. The zero-order chi connectivity index (χ0) is 24.0. The van der Waals surface area contributed by atoms with Gasteiger partial charge in [0.05, 0.1) is 35.2 Å². The summed E-state index contributed by atoms with van der Waals surface area (Å²) in [6, 6.07) is 12.5. The third kappa shape index (κ3) is 6.48. The summed E-state index contributed by atoms with van der Waals surface area (Å²) in [5, 5.41) is 13.8. The standard InChI is InChI=1S/C21H19F3N4O4S/c1-2-32-15-8-9-16(17(10-15)28(30)31)26-19(29)12-33-20-25-11-18(14-6-4-3-5-7-14)27(20)13-21(22,23)24/h3-11H,2,12-13H2,1H3,(H,26,29). The van der Waals surface area contributed by atoms with E-state index in [1.807, 2.05) is 0 Å². The molecule has 0 aliphatic carbocycles. The first-order valence-corrected chi connectivity index (χ1v) is 10.7. The molecule has 1 heterocycles. The van der Waals surface area contributed by atoms with E-state index >= 15 is 0 Å². The number of benzene rings is 2. The first kappa shape index (κ1) is 24.1. The molecule has 0 aliphatic rings. The lowest BCUT2D eigenvalue weighted by atomic mass is 10.2. The molecule has 33 heavy (non-hydrogen) atoms. The summed E-state index contributed by atoms with van der Waals surface area (Å²) in [4.78, 5) is 27.1. The number of carbonyl (C=O) groups excluding carboxylic acids is 1. The lowest BCUT2D eigenvalue weighted by Gasteiger charge is -2.14. The highest BCUT2D eigenvalue weighted by Crippen LogP contribution is 2.31. The van der Waals surface area contributed by atoms with Gasteiger partial charge in [0.25, 0.3) is 5.69 Å². The van der Waals surface area contributed by atoms with Crippen molar-refractivity contribution in [2.45, 2.75) is 24.8 Å². The van der Waals surface area contributed by atoms with Crippen LogP contribution >= 0.6 is 11.8 Å². The van der Waals surface area contributed by atoms with E-state index in [2.05, 4.69) is 10.3 Å². The third-order valence-corrected chi connectivity index (χ3v) is 5.30. The van der Waals surface area contributed by atoms with Gasteiger partial charge in [0, 0.05) is 0 Å². The van der Waals surface area contributed by atoms with Crippen molar-refractivity contribution in [2.24, 2.45) is 0 Å². The predicted octanol–water partition coefficient (Wildman–Crippen LogP) is 5.15. The van der Waals surface area contributed by atoms with Crippen LogP contribution in [0.3, 0.4) is 0 Å². The monoisotopic (exact) mass is 480 g/mol. The zero-order valence-electron chi connectivity index (χ0n) is 17.3. The van der Waals surface area contributed by atoms with Gasteiger partial charge in [0.15, 0.2) is 5.16 Å². The van der Waals surface area contributed by atoms with E-state index in [-0.39, 0.29) is 33.7 Å². The summed E-state index contributed by atoms with van der Waals surface area (Å²) in [5.74, 6) is -0.651. The molecule has 3 aromatic rings. The van der Waals surface area contributed by atoms with Gasteiger partial charge in [0.2, 0.25) is 5.91 Å². The van der Waals surface area contributed by atoms with Crippen molar-refractivity contribution in [2.75, 3.05) is 17.7 Å². The maximum Gasteiger partial charge on any atom is 0.406 e. The molecule has 2 aromatic carbocycles. The second-order valence-corrected chi connectivity index (χ2v) is 7.64. The normalized spacial score (nSPS) is 11.3. The van der Waals surface area contributed by atoms with Gasteiger partial charge in [-0.15, -0.1) is 0 Å². The van der Waals surface area contributed by atoms with E-state index in [1.165, 1.54) is 24.4 Å². The van der Waals surface area contributed by atoms with Crippen molar-refractivity contribution in [3.8, 4) is 17.0 Å². The van der Waals surface area contributed by atoms with Crippen LogP contribution in [0.5, 0.6) is 5.75 Å². The number of rotatable bonds is 9. The Morgan fingerprint density at radius 1 is 1.24 bits per heavy atom. The molecule has 0 fully saturated rings. The van der Waals surface area contributed by atoms with Gasteiger partial charge in [-0.2, -0.15) is 13.2 Å². The molecule has 1 N–H and O–H groups in total. The van der Waals surface area contributed by atoms with Crippen molar-refractivity contribution in [1.82, 2.24) is 9.55 Å². The summed E-state index contributed by atoms with van der Waals surface area (Å²) in [5.41, 5.74) is 0.412. The first-order chi connectivity index (χ1) is 15.7. The Balaban J connectivity index is 1.77. The average molecular weight is 480 g/mol.